The number of ketones is 3. The summed E-state index contributed by atoms with van der Waals surface area (Å²) in [5, 5.41) is 0. The Labute approximate surface area is 102 Å². The number of Topliss-reactive ketones (excluding diaryl/α,β-unsaturated/α-hetero) is 3. The molecule has 3 nitrogen and oxygen atoms in total. The molecule has 1 aromatic rings. The van der Waals surface area contributed by atoms with Crippen molar-refractivity contribution in [3.8, 4) is 0 Å². The van der Waals surface area contributed by atoms with Crippen molar-refractivity contribution in [3.63, 3.8) is 0 Å². The molecule has 0 aromatic heterocycles. The fourth-order valence-electron chi connectivity index (χ4n) is 1.23. The van der Waals surface area contributed by atoms with Gasteiger partial charge in [0.15, 0.2) is 0 Å². The van der Waals surface area contributed by atoms with Gasteiger partial charge in [0.1, 0.15) is 17.3 Å². The van der Waals surface area contributed by atoms with Crippen LogP contribution in [0.1, 0.15) is 32.8 Å². The van der Waals surface area contributed by atoms with Gasteiger partial charge in [0.25, 0.3) is 0 Å². The molecule has 0 atom stereocenters. The minimum absolute atomic E-state index is 0.0625. The minimum atomic E-state index is -0.0625. The Hall–Kier alpha value is -1.77. The molecule has 3 heteroatoms. The molecule has 0 aliphatic carbocycles. The van der Waals surface area contributed by atoms with Gasteiger partial charge in [-0.3, -0.25) is 14.4 Å². The Kier molecular flexibility index (Phi) is 7.52. The highest BCUT2D eigenvalue weighted by atomic mass is 16.1. The van der Waals surface area contributed by atoms with Gasteiger partial charge in [0.2, 0.25) is 0 Å². The lowest BCUT2D eigenvalue weighted by Crippen LogP contribution is -1.97. The number of carbonyl (C=O) groups excluding carboxylic acids is 3. The van der Waals surface area contributed by atoms with Crippen LogP contribution in [0.3, 0.4) is 0 Å². The van der Waals surface area contributed by atoms with Gasteiger partial charge in [0, 0.05) is 6.42 Å². The van der Waals surface area contributed by atoms with E-state index in [0.717, 1.165) is 5.56 Å². The quantitative estimate of drug-likeness (QED) is 0.751. The van der Waals surface area contributed by atoms with Crippen molar-refractivity contribution in [1.29, 1.82) is 0 Å². The monoisotopic (exact) mass is 234 g/mol. The SMILES string of the molecule is CC(=O)CC(C)=O.CC(=O)Cc1ccccc1. The van der Waals surface area contributed by atoms with Crippen LogP contribution in [0.5, 0.6) is 0 Å². The first-order chi connectivity index (χ1) is 7.91. The normalized spacial score (nSPS) is 8.88. The highest BCUT2D eigenvalue weighted by molar-refractivity contribution is 5.96. The Balaban J connectivity index is 0.000000325. The van der Waals surface area contributed by atoms with Gasteiger partial charge in [-0.05, 0) is 26.3 Å². The molecule has 0 heterocycles. The molecule has 1 aromatic carbocycles. The smallest absolute Gasteiger partial charge is 0.137 e. The van der Waals surface area contributed by atoms with E-state index < -0.39 is 0 Å². The highest BCUT2D eigenvalue weighted by Crippen LogP contribution is 1.98. The molecule has 0 fully saturated rings. The van der Waals surface area contributed by atoms with Crippen LogP contribution in [0, 0.1) is 0 Å². The molecule has 0 spiro atoms. The van der Waals surface area contributed by atoms with Crippen LogP contribution in [-0.2, 0) is 20.8 Å². The van der Waals surface area contributed by atoms with Crippen molar-refractivity contribution in [2.24, 2.45) is 0 Å². The Bertz CT molecular complexity index is 368. The van der Waals surface area contributed by atoms with Crippen molar-refractivity contribution >= 4 is 17.3 Å². The Morgan fingerprint density at radius 2 is 1.29 bits per heavy atom. The second-order valence-corrected chi connectivity index (χ2v) is 3.95. The third kappa shape index (κ3) is 10.5. The van der Waals surface area contributed by atoms with E-state index >= 15 is 0 Å². The summed E-state index contributed by atoms with van der Waals surface area (Å²) < 4.78 is 0. The molecule has 17 heavy (non-hydrogen) atoms. The average molecular weight is 234 g/mol. The summed E-state index contributed by atoms with van der Waals surface area (Å²) in [7, 11) is 0. The predicted octanol–water partition coefficient (Wildman–Crippen LogP) is 2.37. The Morgan fingerprint density at radius 1 is 0.824 bits per heavy atom. The maximum Gasteiger partial charge on any atom is 0.137 e. The lowest BCUT2D eigenvalue weighted by atomic mass is 10.1. The third-order valence-electron chi connectivity index (χ3n) is 1.79. The van der Waals surface area contributed by atoms with E-state index in [-0.39, 0.29) is 23.8 Å². The number of rotatable bonds is 4. The maximum atomic E-state index is 10.6. The third-order valence-corrected chi connectivity index (χ3v) is 1.79. The summed E-state index contributed by atoms with van der Waals surface area (Å²) in [5.74, 6) is 0.0891. The van der Waals surface area contributed by atoms with E-state index in [2.05, 4.69) is 0 Å². The number of carbonyl (C=O) groups is 3. The van der Waals surface area contributed by atoms with Gasteiger partial charge < -0.3 is 0 Å². The van der Waals surface area contributed by atoms with E-state index in [1.165, 1.54) is 13.8 Å². The summed E-state index contributed by atoms with van der Waals surface area (Å²) in [4.78, 5) is 30.7. The maximum absolute atomic E-state index is 10.6. The Morgan fingerprint density at radius 3 is 1.59 bits per heavy atom. The van der Waals surface area contributed by atoms with Crippen LogP contribution >= 0.6 is 0 Å². The summed E-state index contributed by atoms with van der Waals surface area (Å²) in [5.41, 5.74) is 1.09. The minimum Gasteiger partial charge on any atom is -0.300 e. The van der Waals surface area contributed by atoms with Crippen LogP contribution < -0.4 is 0 Å². The molecule has 0 saturated carbocycles. The van der Waals surface area contributed by atoms with E-state index in [1.54, 1.807) is 6.92 Å². The molecular formula is C14H18O3. The largest absolute Gasteiger partial charge is 0.300 e. The van der Waals surface area contributed by atoms with Crippen molar-refractivity contribution in [2.75, 3.05) is 0 Å². The molecular weight excluding hydrogens is 216 g/mol. The lowest BCUT2D eigenvalue weighted by Gasteiger charge is -1.93. The van der Waals surface area contributed by atoms with Crippen molar-refractivity contribution in [1.82, 2.24) is 0 Å². The zero-order valence-corrected chi connectivity index (χ0v) is 10.5. The van der Waals surface area contributed by atoms with Gasteiger partial charge in [0.05, 0.1) is 6.42 Å². The number of benzene rings is 1. The molecule has 0 aliphatic heterocycles. The topological polar surface area (TPSA) is 51.2 Å². The van der Waals surface area contributed by atoms with Crippen LogP contribution in [-0.4, -0.2) is 17.3 Å². The molecule has 1 rings (SSSR count). The standard InChI is InChI=1S/C9H10O.C5H8O2/c1-8(10)7-9-5-3-2-4-6-9;1-4(6)3-5(2)7/h2-6H,7H2,1H3;3H2,1-2H3. The van der Waals surface area contributed by atoms with Crippen molar-refractivity contribution in [3.05, 3.63) is 35.9 Å². The molecule has 0 saturated heterocycles. The van der Waals surface area contributed by atoms with Gasteiger partial charge in [-0.1, -0.05) is 30.3 Å². The zero-order chi connectivity index (χ0) is 13.3. The van der Waals surface area contributed by atoms with Gasteiger partial charge in [-0.25, -0.2) is 0 Å². The first-order valence-electron chi connectivity index (χ1n) is 5.44. The summed E-state index contributed by atoms with van der Waals surface area (Å²) >= 11 is 0. The molecule has 0 N–H and O–H groups in total. The molecule has 0 unspecified atom stereocenters. The number of hydrogen-bond acceptors (Lipinski definition) is 3. The van der Waals surface area contributed by atoms with Crippen LogP contribution in [0.15, 0.2) is 30.3 Å². The summed E-state index contributed by atoms with van der Waals surface area (Å²) in [6, 6.07) is 9.75. The highest BCUT2D eigenvalue weighted by Gasteiger charge is 1.95. The summed E-state index contributed by atoms with van der Waals surface area (Å²) in [6.07, 6.45) is 0.640. The van der Waals surface area contributed by atoms with Gasteiger partial charge in [-0.15, -0.1) is 0 Å². The first kappa shape index (κ1) is 15.2. The molecule has 0 amide bonds. The predicted molar refractivity (Wildman–Crippen MR) is 66.8 cm³/mol. The van der Waals surface area contributed by atoms with Crippen molar-refractivity contribution < 1.29 is 14.4 Å². The van der Waals surface area contributed by atoms with E-state index in [9.17, 15) is 14.4 Å². The number of hydrogen-bond donors (Lipinski definition) is 0. The molecule has 0 aliphatic rings. The van der Waals surface area contributed by atoms with Crippen molar-refractivity contribution in [2.45, 2.75) is 33.6 Å². The molecule has 0 bridgehead atoms. The van der Waals surface area contributed by atoms with Gasteiger partial charge in [-0.2, -0.15) is 0 Å². The molecule has 92 valence electrons. The zero-order valence-electron chi connectivity index (χ0n) is 10.5. The summed E-state index contributed by atoms with van der Waals surface area (Å²) in [6.45, 7) is 4.41. The van der Waals surface area contributed by atoms with E-state index in [1.807, 2.05) is 30.3 Å². The first-order valence-corrected chi connectivity index (χ1v) is 5.44. The fourth-order valence-corrected chi connectivity index (χ4v) is 1.23. The van der Waals surface area contributed by atoms with Crippen LogP contribution in [0.2, 0.25) is 0 Å². The second kappa shape index (κ2) is 8.39. The second-order valence-electron chi connectivity index (χ2n) is 3.95. The molecule has 0 radical (unpaired) electrons. The lowest BCUT2D eigenvalue weighted by molar-refractivity contribution is -0.124. The fraction of sp³-hybridized carbons (Fsp3) is 0.357. The average Bonchev–Trinajstić information content (AvgIpc) is 2.16. The van der Waals surface area contributed by atoms with Crippen LogP contribution in [0.25, 0.3) is 0 Å². The van der Waals surface area contributed by atoms with Gasteiger partial charge >= 0.3 is 0 Å². The van der Waals surface area contributed by atoms with E-state index in [4.69, 9.17) is 0 Å². The van der Waals surface area contributed by atoms with E-state index in [0.29, 0.717) is 6.42 Å². The van der Waals surface area contributed by atoms with Crippen LogP contribution in [0.4, 0.5) is 0 Å².